The van der Waals surface area contributed by atoms with Gasteiger partial charge in [-0.3, -0.25) is 9.59 Å². The van der Waals surface area contributed by atoms with Gasteiger partial charge in [0.2, 0.25) is 5.91 Å². The molecule has 0 bridgehead atoms. The number of hydrogen-bond donors (Lipinski definition) is 2. The molecule has 110 valence electrons. The number of primary amides is 1. The molecule has 0 rings (SSSR count). The van der Waals surface area contributed by atoms with Crippen molar-refractivity contribution < 1.29 is 19.5 Å². The summed E-state index contributed by atoms with van der Waals surface area (Å²) in [5, 5.41) is 10.3. The number of thioether (sulfide) groups is 1. The molecule has 5 nitrogen and oxygen atoms in total. The fourth-order valence-electron chi connectivity index (χ4n) is 1.53. The highest BCUT2D eigenvalue weighted by Gasteiger charge is 2.14. The Balaban J connectivity index is 3.92. The number of thiol groups is 1. The highest BCUT2D eigenvalue weighted by atomic mass is 32.2. The molecule has 0 aromatic carbocycles. The van der Waals surface area contributed by atoms with Crippen molar-refractivity contribution in [2.45, 2.75) is 50.2 Å². The topological polar surface area (TPSA) is 100 Å². The molecule has 19 heavy (non-hydrogen) atoms. The third kappa shape index (κ3) is 12.1. The van der Waals surface area contributed by atoms with Crippen molar-refractivity contribution in [3.05, 3.63) is 0 Å². The van der Waals surface area contributed by atoms with Gasteiger partial charge in [-0.15, -0.1) is 0 Å². The first-order valence-corrected chi connectivity index (χ1v) is 7.75. The molecular formula is C12H20NO4S2-. The predicted octanol–water partition coefficient (Wildman–Crippen LogP) is 0.510. The Morgan fingerprint density at radius 1 is 1.11 bits per heavy atom. The van der Waals surface area contributed by atoms with Gasteiger partial charge in [-0.25, -0.2) is 0 Å². The van der Waals surface area contributed by atoms with Crippen molar-refractivity contribution >= 4 is 41.4 Å². The van der Waals surface area contributed by atoms with E-state index in [1.807, 2.05) is 0 Å². The molecule has 0 aromatic heterocycles. The average molecular weight is 306 g/mol. The molecule has 1 atom stereocenters. The number of rotatable bonds is 11. The van der Waals surface area contributed by atoms with Crippen LogP contribution in [0.2, 0.25) is 0 Å². The largest absolute Gasteiger partial charge is 0.550 e. The fourth-order valence-corrected chi connectivity index (χ4v) is 3.12. The molecule has 0 aliphatic rings. The van der Waals surface area contributed by atoms with Gasteiger partial charge in [0.25, 0.3) is 0 Å². The summed E-state index contributed by atoms with van der Waals surface area (Å²) in [7, 11) is 0. The lowest BCUT2D eigenvalue weighted by molar-refractivity contribution is -0.305. The Bertz CT molecular complexity index is 310. The van der Waals surface area contributed by atoms with Gasteiger partial charge < -0.3 is 15.6 Å². The summed E-state index contributed by atoms with van der Waals surface area (Å²) in [6, 6.07) is 0. The van der Waals surface area contributed by atoms with Crippen molar-refractivity contribution in [1.29, 1.82) is 0 Å². The first-order chi connectivity index (χ1) is 8.95. The van der Waals surface area contributed by atoms with E-state index in [0.29, 0.717) is 18.6 Å². The van der Waals surface area contributed by atoms with E-state index in [1.54, 1.807) is 0 Å². The number of nitrogens with two attached hydrogens (primary N) is 1. The summed E-state index contributed by atoms with van der Waals surface area (Å²) in [6.07, 6.45) is 3.24. The molecule has 0 radical (unpaired) electrons. The van der Waals surface area contributed by atoms with E-state index in [2.05, 4.69) is 12.6 Å². The van der Waals surface area contributed by atoms with Gasteiger partial charge in [0.05, 0.1) is 0 Å². The number of carboxylic acid groups (broad SMARTS) is 1. The van der Waals surface area contributed by atoms with E-state index in [4.69, 9.17) is 5.73 Å². The molecule has 0 fully saturated rings. The molecule has 0 aliphatic carbocycles. The SMILES string of the molecule is NC(=O)CCCC[C@@H](CCS)SC(=O)CCC(=O)[O-]. The summed E-state index contributed by atoms with van der Waals surface area (Å²) in [5.74, 6) is -0.856. The lowest BCUT2D eigenvalue weighted by Gasteiger charge is -2.14. The quantitative estimate of drug-likeness (QED) is 0.428. The second-order valence-corrected chi connectivity index (χ2v) is 6.01. The van der Waals surface area contributed by atoms with Crippen molar-refractivity contribution in [3.63, 3.8) is 0 Å². The minimum Gasteiger partial charge on any atom is -0.550 e. The normalized spacial score (nSPS) is 12.1. The van der Waals surface area contributed by atoms with Crippen LogP contribution in [0.5, 0.6) is 0 Å². The van der Waals surface area contributed by atoms with Gasteiger partial charge in [0, 0.05) is 24.1 Å². The van der Waals surface area contributed by atoms with E-state index in [9.17, 15) is 19.5 Å². The summed E-state index contributed by atoms with van der Waals surface area (Å²) in [4.78, 5) is 32.4. The Morgan fingerprint density at radius 3 is 2.32 bits per heavy atom. The second-order valence-electron chi connectivity index (χ2n) is 4.21. The first-order valence-electron chi connectivity index (χ1n) is 6.24. The molecule has 2 N–H and O–H groups in total. The van der Waals surface area contributed by atoms with E-state index in [1.165, 1.54) is 11.8 Å². The van der Waals surface area contributed by atoms with Gasteiger partial charge in [-0.1, -0.05) is 18.2 Å². The number of amides is 1. The number of carboxylic acids is 1. The lowest BCUT2D eigenvalue weighted by atomic mass is 10.1. The molecule has 0 saturated heterocycles. The van der Waals surface area contributed by atoms with Crippen LogP contribution in [-0.4, -0.2) is 28.0 Å². The molecule has 0 unspecified atom stereocenters. The van der Waals surface area contributed by atoms with Crippen LogP contribution < -0.4 is 10.8 Å². The van der Waals surface area contributed by atoms with Gasteiger partial charge in [-0.05, 0) is 31.4 Å². The van der Waals surface area contributed by atoms with E-state index in [0.717, 1.165) is 19.3 Å². The lowest BCUT2D eigenvalue weighted by Crippen LogP contribution is -2.22. The molecule has 7 heteroatoms. The summed E-state index contributed by atoms with van der Waals surface area (Å²) in [5.41, 5.74) is 5.04. The summed E-state index contributed by atoms with van der Waals surface area (Å²) >= 11 is 5.32. The van der Waals surface area contributed by atoms with Crippen LogP contribution in [0.25, 0.3) is 0 Å². The zero-order chi connectivity index (χ0) is 14.7. The van der Waals surface area contributed by atoms with E-state index in [-0.39, 0.29) is 29.1 Å². The van der Waals surface area contributed by atoms with Gasteiger partial charge >= 0.3 is 0 Å². The van der Waals surface area contributed by atoms with Crippen LogP contribution in [0.4, 0.5) is 0 Å². The standard InChI is InChI=1S/C12H21NO4S2/c13-10(14)4-2-1-3-9(7-8-18)19-12(17)6-5-11(15)16/h9,18H,1-8H2,(H2,13,14)(H,15,16)/p-1/t9-/m0/s1. The molecule has 1 amide bonds. The Hall–Kier alpha value is -0.690. The number of carbonyl (C=O) groups is 3. The highest BCUT2D eigenvalue weighted by Crippen LogP contribution is 2.24. The minimum atomic E-state index is -1.21. The number of aliphatic carboxylic acids is 1. The Labute approximate surface area is 123 Å². The fraction of sp³-hybridized carbons (Fsp3) is 0.750. The monoisotopic (exact) mass is 306 g/mol. The van der Waals surface area contributed by atoms with Crippen LogP contribution in [0, 0.1) is 0 Å². The third-order valence-corrected chi connectivity index (χ3v) is 4.01. The van der Waals surface area contributed by atoms with Crippen LogP contribution >= 0.6 is 24.4 Å². The summed E-state index contributed by atoms with van der Waals surface area (Å²) in [6.45, 7) is 0. The zero-order valence-corrected chi connectivity index (χ0v) is 12.5. The second kappa shape index (κ2) is 11.2. The van der Waals surface area contributed by atoms with Crippen molar-refractivity contribution in [2.24, 2.45) is 5.73 Å². The molecular weight excluding hydrogens is 286 g/mol. The van der Waals surface area contributed by atoms with Gasteiger partial charge in [0.1, 0.15) is 0 Å². The molecule has 0 aromatic rings. The van der Waals surface area contributed by atoms with Gasteiger partial charge in [-0.2, -0.15) is 12.6 Å². The molecule has 0 heterocycles. The van der Waals surface area contributed by atoms with Crippen molar-refractivity contribution in [2.75, 3.05) is 5.75 Å². The number of carbonyl (C=O) groups excluding carboxylic acids is 3. The Kier molecular flexibility index (Phi) is 10.8. The maximum Gasteiger partial charge on any atom is 0.217 e. The molecule has 0 spiro atoms. The smallest absolute Gasteiger partial charge is 0.217 e. The van der Waals surface area contributed by atoms with Crippen molar-refractivity contribution in [3.8, 4) is 0 Å². The summed E-state index contributed by atoms with van der Waals surface area (Å²) < 4.78 is 0. The van der Waals surface area contributed by atoms with Crippen LogP contribution in [-0.2, 0) is 14.4 Å². The average Bonchev–Trinajstić information content (AvgIpc) is 2.32. The Morgan fingerprint density at radius 2 is 1.79 bits per heavy atom. The van der Waals surface area contributed by atoms with Crippen LogP contribution in [0.3, 0.4) is 0 Å². The number of hydrogen-bond acceptors (Lipinski definition) is 6. The first kappa shape index (κ1) is 18.3. The zero-order valence-electron chi connectivity index (χ0n) is 10.8. The van der Waals surface area contributed by atoms with Crippen molar-refractivity contribution in [1.82, 2.24) is 0 Å². The number of unbranched alkanes of at least 4 members (excludes halogenated alkanes) is 1. The maximum absolute atomic E-state index is 11.5. The van der Waals surface area contributed by atoms with E-state index >= 15 is 0 Å². The minimum absolute atomic E-state index is 0.00262. The molecule has 0 aliphatic heterocycles. The van der Waals surface area contributed by atoms with E-state index < -0.39 is 5.97 Å². The maximum atomic E-state index is 11.5. The predicted molar refractivity (Wildman–Crippen MR) is 76.8 cm³/mol. The van der Waals surface area contributed by atoms with Crippen LogP contribution in [0.1, 0.15) is 44.9 Å². The highest BCUT2D eigenvalue weighted by molar-refractivity contribution is 8.14. The molecule has 0 saturated carbocycles. The van der Waals surface area contributed by atoms with Gasteiger partial charge in [0.15, 0.2) is 5.12 Å². The van der Waals surface area contributed by atoms with Crippen LogP contribution in [0.15, 0.2) is 0 Å². The third-order valence-electron chi connectivity index (χ3n) is 2.48.